The van der Waals surface area contributed by atoms with Crippen LogP contribution >= 0.6 is 23.2 Å². The lowest BCUT2D eigenvalue weighted by Gasteiger charge is -2.11. The molecule has 0 saturated carbocycles. The van der Waals surface area contributed by atoms with Gasteiger partial charge >= 0.3 is 5.69 Å². The van der Waals surface area contributed by atoms with Gasteiger partial charge in [-0.05, 0) is 42.3 Å². The standard InChI is InChI=1S/C18H15Cl2N5O2/c1-2-11-3-6-13(7-4-11)23-17-16(25(26)27)18(22-10-21-17)24-15-8-5-12(19)9-14(15)20/h3-10H,2H2,1H3,(H2,21,22,23,24). The number of aromatic nitrogens is 2. The number of nitrogens with zero attached hydrogens (tertiary/aromatic N) is 3. The Kier molecular flexibility index (Phi) is 5.73. The van der Waals surface area contributed by atoms with Crippen LogP contribution in [0.4, 0.5) is 28.7 Å². The molecule has 2 N–H and O–H groups in total. The molecule has 0 fully saturated rings. The Morgan fingerprint density at radius 2 is 1.70 bits per heavy atom. The molecular weight excluding hydrogens is 389 g/mol. The van der Waals surface area contributed by atoms with E-state index in [0.29, 0.717) is 21.4 Å². The molecule has 7 nitrogen and oxygen atoms in total. The number of nitro groups is 1. The van der Waals surface area contributed by atoms with Gasteiger partial charge in [-0.1, -0.05) is 42.3 Å². The van der Waals surface area contributed by atoms with Crippen LogP contribution in [0.5, 0.6) is 0 Å². The van der Waals surface area contributed by atoms with Crippen LogP contribution in [0.3, 0.4) is 0 Å². The highest BCUT2D eigenvalue weighted by molar-refractivity contribution is 6.36. The number of hydrogen-bond donors (Lipinski definition) is 2. The first-order valence-electron chi connectivity index (χ1n) is 8.05. The Balaban J connectivity index is 1.95. The SMILES string of the molecule is CCc1ccc(Nc2ncnc(Nc3ccc(Cl)cc3Cl)c2[N+](=O)[O-])cc1. The third kappa shape index (κ3) is 4.45. The second-order valence-electron chi connectivity index (χ2n) is 5.60. The summed E-state index contributed by atoms with van der Waals surface area (Å²) in [6, 6.07) is 12.4. The largest absolute Gasteiger partial charge is 0.353 e. The van der Waals surface area contributed by atoms with Gasteiger partial charge in [0.25, 0.3) is 0 Å². The molecule has 0 atom stereocenters. The molecule has 0 radical (unpaired) electrons. The van der Waals surface area contributed by atoms with Gasteiger partial charge in [0.1, 0.15) is 6.33 Å². The maximum absolute atomic E-state index is 11.7. The molecule has 3 aromatic rings. The first-order chi connectivity index (χ1) is 13.0. The van der Waals surface area contributed by atoms with E-state index < -0.39 is 4.92 Å². The fourth-order valence-corrected chi connectivity index (χ4v) is 2.87. The highest BCUT2D eigenvalue weighted by atomic mass is 35.5. The number of benzene rings is 2. The van der Waals surface area contributed by atoms with Gasteiger partial charge in [-0.3, -0.25) is 10.1 Å². The molecule has 0 aliphatic rings. The molecule has 0 bridgehead atoms. The van der Waals surface area contributed by atoms with Gasteiger partial charge < -0.3 is 10.6 Å². The first-order valence-corrected chi connectivity index (χ1v) is 8.81. The predicted molar refractivity (Wildman–Crippen MR) is 108 cm³/mol. The van der Waals surface area contributed by atoms with E-state index in [9.17, 15) is 10.1 Å². The van der Waals surface area contributed by atoms with Crippen LogP contribution in [-0.4, -0.2) is 14.9 Å². The minimum atomic E-state index is -0.547. The van der Waals surface area contributed by atoms with Gasteiger partial charge in [-0.25, -0.2) is 9.97 Å². The van der Waals surface area contributed by atoms with Crippen molar-refractivity contribution in [3.8, 4) is 0 Å². The van der Waals surface area contributed by atoms with E-state index in [1.807, 2.05) is 24.3 Å². The van der Waals surface area contributed by atoms with Crippen LogP contribution in [0.1, 0.15) is 12.5 Å². The molecule has 1 aromatic heterocycles. The molecule has 0 amide bonds. The normalized spacial score (nSPS) is 10.5. The van der Waals surface area contributed by atoms with Crippen LogP contribution in [0.2, 0.25) is 10.0 Å². The van der Waals surface area contributed by atoms with E-state index in [1.165, 1.54) is 12.4 Å². The zero-order valence-corrected chi connectivity index (χ0v) is 15.8. The molecule has 2 aromatic carbocycles. The molecule has 0 saturated heterocycles. The van der Waals surface area contributed by atoms with Gasteiger partial charge in [0, 0.05) is 10.7 Å². The summed E-state index contributed by atoms with van der Waals surface area (Å²) in [5.74, 6) is 0.0961. The predicted octanol–water partition coefficient (Wildman–Crippen LogP) is 5.74. The average molecular weight is 404 g/mol. The zero-order chi connectivity index (χ0) is 19.4. The molecule has 0 spiro atoms. The lowest BCUT2D eigenvalue weighted by atomic mass is 10.1. The lowest BCUT2D eigenvalue weighted by Crippen LogP contribution is -2.05. The van der Waals surface area contributed by atoms with Gasteiger partial charge in [0.2, 0.25) is 11.6 Å². The Hall–Kier alpha value is -2.90. The van der Waals surface area contributed by atoms with Gasteiger partial charge in [-0.2, -0.15) is 0 Å². The maximum Gasteiger partial charge on any atom is 0.353 e. The van der Waals surface area contributed by atoms with E-state index >= 15 is 0 Å². The molecule has 9 heteroatoms. The summed E-state index contributed by atoms with van der Waals surface area (Å²) in [6.07, 6.45) is 2.14. The van der Waals surface area contributed by atoms with Gasteiger partial charge in [0.05, 0.1) is 15.6 Å². The summed E-state index contributed by atoms with van der Waals surface area (Å²) >= 11 is 12.0. The summed E-state index contributed by atoms with van der Waals surface area (Å²) in [6.45, 7) is 2.05. The third-order valence-corrected chi connectivity index (χ3v) is 4.36. The van der Waals surface area contributed by atoms with Crippen LogP contribution in [0.25, 0.3) is 0 Å². The summed E-state index contributed by atoms with van der Waals surface area (Å²) in [7, 11) is 0. The van der Waals surface area contributed by atoms with Crippen molar-refractivity contribution in [2.24, 2.45) is 0 Å². The highest BCUT2D eigenvalue weighted by Crippen LogP contribution is 2.35. The van der Waals surface area contributed by atoms with Crippen molar-refractivity contribution in [1.82, 2.24) is 9.97 Å². The molecular formula is C18H15Cl2N5O2. The van der Waals surface area contributed by atoms with E-state index in [4.69, 9.17) is 23.2 Å². The quantitative estimate of drug-likeness (QED) is 0.402. The third-order valence-electron chi connectivity index (χ3n) is 3.81. The number of halogens is 2. The second-order valence-corrected chi connectivity index (χ2v) is 6.44. The first kappa shape index (κ1) is 18.9. The van der Waals surface area contributed by atoms with E-state index in [0.717, 1.165) is 12.0 Å². The number of hydrogen-bond acceptors (Lipinski definition) is 6. The molecule has 138 valence electrons. The van der Waals surface area contributed by atoms with E-state index in [-0.39, 0.29) is 17.3 Å². The van der Waals surface area contributed by atoms with Crippen molar-refractivity contribution >= 4 is 51.9 Å². The van der Waals surface area contributed by atoms with Crippen molar-refractivity contribution in [3.05, 3.63) is 74.5 Å². The van der Waals surface area contributed by atoms with Crippen molar-refractivity contribution in [2.75, 3.05) is 10.6 Å². The number of anilines is 4. The van der Waals surface area contributed by atoms with Crippen molar-refractivity contribution < 1.29 is 4.92 Å². The van der Waals surface area contributed by atoms with Crippen LogP contribution < -0.4 is 10.6 Å². The van der Waals surface area contributed by atoms with Gasteiger partial charge in [-0.15, -0.1) is 0 Å². The minimum Gasteiger partial charge on any atom is -0.334 e. The van der Waals surface area contributed by atoms with E-state index in [2.05, 4.69) is 27.5 Å². The Morgan fingerprint density at radius 3 is 2.30 bits per heavy atom. The van der Waals surface area contributed by atoms with Crippen molar-refractivity contribution in [2.45, 2.75) is 13.3 Å². The van der Waals surface area contributed by atoms with Gasteiger partial charge in [0.15, 0.2) is 0 Å². The van der Waals surface area contributed by atoms with Crippen LogP contribution in [0, 0.1) is 10.1 Å². The van der Waals surface area contributed by atoms with Crippen molar-refractivity contribution in [3.63, 3.8) is 0 Å². The second kappa shape index (κ2) is 8.20. The molecule has 0 aliphatic carbocycles. The Labute approximate surface area is 165 Å². The summed E-state index contributed by atoms with van der Waals surface area (Å²) < 4.78 is 0. The molecule has 27 heavy (non-hydrogen) atoms. The average Bonchev–Trinajstić information content (AvgIpc) is 2.64. The van der Waals surface area contributed by atoms with Crippen LogP contribution in [0.15, 0.2) is 48.8 Å². The molecule has 0 unspecified atom stereocenters. The van der Waals surface area contributed by atoms with Crippen molar-refractivity contribution in [1.29, 1.82) is 0 Å². The number of aryl methyl sites for hydroxylation is 1. The fraction of sp³-hybridized carbons (Fsp3) is 0.111. The minimum absolute atomic E-state index is 0.0203. The number of rotatable bonds is 6. The topological polar surface area (TPSA) is 93.0 Å². The molecule has 0 aliphatic heterocycles. The zero-order valence-electron chi connectivity index (χ0n) is 14.2. The smallest absolute Gasteiger partial charge is 0.334 e. The monoisotopic (exact) mass is 403 g/mol. The Morgan fingerprint density at radius 1 is 1.04 bits per heavy atom. The van der Waals surface area contributed by atoms with Crippen LogP contribution in [-0.2, 0) is 6.42 Å². The summed E-state index contributed by atoms with van der Waals surface area (Å²) in [4.78, 5) is 19.1. The summed E-state index contributed by atoms with van der Waals surface area (Å²) in [5.41, 5.74) is 2.01. The molecule has 3 rings (SSSR count). The fourth-order valence-electron chi connectivity index (χ4n) is 2.41. The van der Waals surface area contributed by atoms with E-state index in [1.54, 1.807) is 12.1 Å². The maximum atomic E-state index is 11.7. The lowest BCUT2D eigenvalue weighted by molar-refractivity contribution is -0.383. The highest BCUT2D eigenvalue weighted by Gasteiger charge is 2.24. The molecule has 1 heterocycles. The number of nitrogens with one attached hydrogen (secondary N) is 2. The summed E-state index contributed by atoms with van der Waals surface area (Å²) in [5, 5.41) is 18.3. The Bertz CT molecular complexity index is 980.